The van der Waals surface area contributed by atoms with E-state index < -0.39 is 9.84 Å². The predicted octanol–water partition coefficient (Wildman–Crippen LogP) is 2.12. The molecular formula is C12H15N3O2S2. The van der Waals surface area contributed by atoms with Crippen molar-refractivity contribution in [1.82, 2.24) is 14.8 Å². The minimum Gasteiger partial charge on any atom is -0.317 e. The first kappa shape index (κ1) is 12.8. The summed E-state index contributed by atoms with van der Waals surface area (Å²) >= 11 is 1.24. The Morgan fingerprint density at radius 3 is 2.79 bits per heavy atom. The van der Waals surface area contributed by atoms with E-state index >= 15 is 0 Å². The Morgan fingerprint density at radius 2 is 2.21 bits per heavy atom. The Hall–Kier alpha value is -1.21. The van der Waals surface area contributed by atoms with Crippen LogP contribution in [-0.4, -0.2) is 23.2 Å². The number of rotatable bonds is 4. The SMILES string of the molecule is Cn1c(CS(=O)(=O)c2cccs2)nnc1C1CCC1. The number of aromatic nitrogens is 3. The molecule has 2 aromatic rings. The summed E-state index contributed by atoms with van der Waals surface area (Å²) in [5.41, 5.74) is 0. The average Bonchev–Trinajstić information content (AvgIpc) is 2.91. The molecule has 0 radical (unpaired) electrons. The number of thiophene rings is 1. The van der Waals surface area contributed by atoms with Gasteiger partial charge in [-0.1, -0.05) is 12.5 Å². The molecule has 0 bridgehead atoms. The van der Waals surface area contributed by atoms with Crippen molar-refractivity contribution < 1.29 is 8.42 Å². The Bertz CT molecular complexity index is 670. The molecule has 0 unspecified atom stereocenters. The molecule has 2 heterocycles. The molecule has 1 saturated carbocycles. The van der Waals surface area contributed by atoms with Gasteiger partial charge in [0.2, 0.25) is 0 Å². The highest BCUT2D eigenvalue weighted by Gasteiger charge is 2.27. The number of hydrogen-bond donors (Lipinski definition) is 0. The lowest BCUT2D eigenvalue weighted by atomic mass is 9.85. The maximum atomic E-state index is 12.2. The van der Waals surface area contributed by atoms with Crippen LogP contribution in [0.2, 0.25) is 0 Å². The van der Waals surface area contributed by atoms with Crippen LogP contribution >= 0.6 is 11.3 Å². The van der Waals surface area contributed by atoms with E-state index in [-0.39, 0.29) is 5.75 Å². The summed E-state index contributed by atoms with van der Waals surface area (Å²) in [6.07, 6.45) is 3.48. The Balaban J connectivity index is 1.86. The standard InChI is InChI=1S/C12H15N3O2S2/c1-15-10(13-14-12(15)9-4-2-5-9)8-19(16,17)11-6-3-7-18-11/h3,6-7,9H,2,4-5,8H2,1H3. The highest BCUT2D eigenvalue weighted by atomic mass is 32.2. The minimum absolute atomic E-state index is 0.0796. The summed E-state index contributed by atoms with van der Waals surface area (Å²) in [5.74, 6) is 1.82. The van der Waals surface area contributed by atoms with Gasteiger partial charge >= 0.3 is 0 Å². The molecule has 102 valence electrons. The first-order chi connectivity index (χ1) is 9.08. The van der Waals surface area contributed by atoms with E-state index in [1.807, 2.05) is 11.6 Å². The fourth-order valence-electron chi connectivity index (χ4n) is 2.20. The molecule has 7 heteroatoms. The fraction of sp³-hybridized carbons (Fsp3) is 0.500. The van der Waals surface area contributed by atoms with E-state index in [1.54, 1.807) is 17.5 Å². The van der Waals surface area contributed by atoms with Crippen LogP contribution in [0.1, 0.15) is 36.8 Å². The van der Waals surface area contributed by atoms with Gasteiger partial charge in [-0.25, -0.2) is 8.42 Å². The molecule has 0 atom stereocenters. The lowest BCUT2D eigenvalue weighted by Crippen LogP contribution is -2.15. The summed E-state index contributed by atoms with van der Waals surface area (Å²) in [6.45, 7) is 0. The zero-order chi connectivity index (χ0) is 13.5. The zero-order valence-electron chi connectivity index (χ0n) is 10.6. The quantitative estimate of drug-likeness (QED) is 0.867. The summed E-state index contributed by atoms with van der Waals surface area (Å²) in [7, 11) is -1.44. The van der Waals surface area contributed by atoms with Crippen molar-refractivity contribution in [3.05, 3.63) is 29.2 Å². The van der Waals surface area contributed by atoms with Crippen molar-refractivity contribution in [1.29, 1.82) is 0 Å². The fourth-order valence-corrected chi connectivity index (χ4v) is 4.60. The van der Waals surface area contributed by atoms with Crippen molar-refractivity contribution in [2.75, 3.05) is 0 Å². The van der Waals surface area contributed by atoms with Crippen molar-refractivity contribution in [3.63, 3.8) is 0 Å². The highest BCUT2D eigenvalue weighted by molar-refractivity contribution is 7.92. The van der Waals surface area contributed by atoms with E-state index in [4.69, 9.17) is 0 Å². The van der Waals surface area contributed by atoms with Crippen LogP contribution in [0.5, 0.6) is 0 Å². The lowest BCUT2D eigenvalue weighted by Gasteiger charge is -2.24. The van der Waals surface area contributed by atoms with E-state index in [0.717, 1.165) is 18.7 Å². The van der Waals surface area contributed by atoms with Crippen LogP contribution in [0.25, 0.3) is 0 Å². The molecular weight excluding hydrogens is 282 g/mol. The lowest BCUT2D eigenvalue weighted by molar-refractivity contribution is 0.391. The zero-order valence-corrected chi connectivity index (χ0v) is 12.2. The highest BCUT2D eigenvalue weighted by Crippen LogP contribution is 2.35. The summed E-state index contributed by atoms with van der Waals surface area (Å²) in [4.78, 5) is 0. The van der Waals surface area contributed by atoms with Crippen LogP contribution < -0.4 is 0 Å². The summed E-state index contributed by atoms with van der Waals surface area (Å²) in [5, 5.41) is 9.97. The van der Waals surface area contributed by atoms with Crippen LogP contribution in [0, 0.1) is 0 Å². The van der Waals surface area contributed by atoms with Gasteiger partial charge in [0.25, 0.3) is 0 Å². The summed E-state index contributed by atoms with van der Waals surface area (Å²) < 4.78 is 26.6. The largest absolute Gasteiger partial charge is 0.317 e. The number of hydrogen-bond acceptors (Lipinski definition) is 5. The van der Waals surface area contributed by atoms with Gasteiger partial charge in [0.05, 0.1) is 0 Å². The molecule has 5 nitrogen and oxygen atoms in total. The summed E-state index contributed by atoms with van der Waals surface area (Å²) in [6, 6.07) is 3.37. The van der Waals surface area contributed by atoms with Gasteiger partial charge in [-0.15, -0.1) is 21.5 Å². The molecule has 2 aromatic heterocycles. The van der Waals surface area contributed by atoms with Crippen LogP contribution in [0.3, 0.4) is 0 Å². The topological polar surface area (TPSA) is 64.8 Å². The van der Waals surface area contributed by atoms with E-state index in [2.05, 4.69) is 10.2 Å². The third kappa shape index (κ3) is 2.32. The second-order valence-electron chi connectivity index (χ2n) is 4.85. The monoisotopic (exact) mass is 297 g/mol. The molecule has 3 rings (SSSR count). The van der Waals surface area contributed by atoms with Crippen LogP contribution in [0.4, 0.5) is 0 Å². The molecule has 0 aliphatic heterocycles. The first-order valence-corrected chi connectivity index (χ1v) is 8.75. The molecule has 1 fully saturated rings. The maximum Gasteiger partial charge on any atom is 0.195 e. The normalized spacial score (nSPS) is 16.5. The molecule has 0 aromatic carbocycles. The van der Waals surface area contributed by atoms with Gasteiger partial charge in [0, 0.05) is 13.0 Å². The smallest absolute Gasteiger partial charge is 0.195 e. The molecule has 0 N–H and O–H groups in total. The second-order valence-corrected chi connectivity index (χ2v) is 8.02. The maximum absolute atomic E-state index is 12.2. The molecule has 1 aliphatic rings. The van der Waals surface area contributed by atoms with E-state index in [1.165, 1.54) is 17.8 Å². The van der Waals surface area contributed by atoms with Gasteiger partial charge in [0.15, 0.2) is 9.84 Å². The van der Waals surface area contributed by atoms with Gasteiger partial charge in [-0.2, -0.15) is 0 Å². The van der Waals surface area contributed by atoms with Crippen molar-refractivity contribution in [2.24, 2.45) is 7.05 Å². The Kier molecular flexibility index (Phi) is 3.18. The molecule has 0 saturated heterocycles. The molecule has 0 amide bonds. The van der Waals surface area contributed by atoms with Gasteiger partial charge in [-0.3, -0.25) is 0 Å². The predicted molar refractivity (Wildman–Crippen MR) is 72.8 cm³/mol. The number of sulfone groups is 1. The second kappa shape index (κ2) is 4.72. The Morgan fingerprint density at radius 1 is 1.42 bits per heavy atom. The van der Waals surface area contributed by atoms with Crippen LogP contribution in [-0.2, 0) is 22.6 Å². The van der Waals surface area contributed by atoms with E-state index in [9.17, 15) is 8.42 Å². The van der Waals surface area contributed by atoms with Crippen molar-refractivity contribution in [2.45, 2.75) is 35.1 Å². The average molecular weight is 297 g/mol. The van der Waals surface area contributed by atoms with Gasteiger partial charge in [0.1, 0.15) is 21.6 Å². The molecule has 19 heavy (non-hydrogen) atoms. The van der Waals surface area contributed by atoms with Crippen molar-refractivity contribution >= 4 is 21.2 Å². The third-order valence-electron chi connectivity index (χ3n) is 3.59. The minimum atomic E-state index is -3.30. The molecule has 1 aliphatic carbocycles. The van der Waals surface area contributed by atoms with Gasteiger partial charge < -0.3 is 4.57 Å². The number of nitrogens with zero attached hydrogens (tertiary/aromatic N) is 3. The first-order valence-electron chi connectivity index (χ1n) is 6.22. The van der Waals surface area contributed by atoms with Crippen molar-refractivity contribution in [3.8, 4) is 0 Å². The van der Waals surface area contributed by atoms with Crippen LogP contribution in [0.15, 0.2) is 21.7 Å². The Labute approximate surface area is 116 Å². The van der Waals surface area contributed by atoms with Gasteiger partial charge in [-0.05, 0) is 24.3 Å². The van der Waals surface area contributed by atoms with E-state index in [0.29, 0.717) is 16.0 Å². The molecule has 0 spiro atoms. The third-order valence-corrected chi connectivity index (χ3v) is 6.69.